The highest BCUT2D eigenvalue weighted by atomic mass is 16.5. The molecule has 3 amide bonds. The molecule has 130 valence electrons. The van der Waals surface area contributed by atoms with Crippen molar-refractivity contribution in [2.75, 3.05) is 49.6 Å². The van der Waals surface area contributed by atoms with Crippen LogP contribution in [0.3, 0.4) is 0 Å². The Bertz CT molecular complexity index is 608. The van der Waals surface area contributed by atoms with Crippen LogP contribution in [0.1, 0.15) is 29.6 Å². The molecular weight excluding hydrogens is 308 g/mol. The highest BCUT2D eigenvalue weighted by Gasteiger charge is 2.21. The van der Waals surface area contributed by atoms with Crippen molar-refractivity contribution < 1.29 is 14.3 Å². The molecule has 2 heterocycles. The van der Waals surface area contributed by atoms with E-state index in [1.54, 1.807) is 17.0 Å². The lowest BCUT2D eigenvalue weighted by molar-refractivity contribution is 0.0564. The second-order valence-corrected chi connectivity index (χ2v) is 6.17. The summed E-state index contributed by atoms with van der Waals surface area (Å²) in [7, 11) is 0. The lowest BCUT2D eigenvalue weighted by Gasteiger charge is -2.32. The molecule has 1 aromatic rings. The molecule has 0 bridgehead atoms. The fraction of sp³-hybridized carbons (Fsp3) is 0.529. The Hall–Kier alpha value is -2.28. The molecule has 0 saturated carbocycles. The first kappa shape index (κ1) is 16.6. The maximum Gasteiger partial charge on any atom is 0.322 e. The minimum absolute atomic E-state index is 0.168. The normalized spacial score (nSPS) is 18.3. The molecular formula is C17H24N4O3. The summed E-state index contributed by atoms with van der Waals surface area (Å²) in [6, 6.07) is 5.10. The molecule has 2 fully saturated rings. The van der Waals surface area contributed by atoms with E-state index in [4.69, 9.17) is 10.5 Å². The number of carbonyl (C=O) groups excluding carboxylic acids is 2. The molecule has 0 radical (unpaired) electrons. The number of carbonyl (C=O) groups is 2. The molecule has 1 aromatic carbocycles. The molecule has 2 aliphatic rings. The Kier molecular flexibility index (Phi) is 5.20. The average Bonchev–Trinajstić information content (AvgIpc) is 2.63. The van der Waals surface area contributed by atoms with E-state index >= 15 is 0 Å². The monoisotopic (exact) mass is 332 g/mol. The summed E-state index contributed by atoms with van der Waals surface area (Å²) in [5.41, 5.74) is 7.38. The van der Waals surface area contributed by atoms with Crippen LogP contribution in [0.15, 0.2) is 18.2 Å². The van der Waals surface area contributed by atoms with Gasteiger partial charge < -0.3 is 25.6 Å². The van der Waals surface area contributed by atoms with Gasteiger partial charge in [0.15, 0.2) is 0 Å². The molecule has 3 rings (SSSR count). The largest absolute Gasteiger partial charge is 0.378 e. The van der Waals surface area contributed by atoms with Crippen LogP contribution in [0.2, 0.25) is 0 Å². The zero-order valence-electron chi connectivity index (χ0n) is 13.8. The Morgan fingerprint density at radius 1 is 1.04 bits per heavy atom. The average molecular weight is 332 g/mol. The van der Waals surface area contributed by atoms with E-state index in [0.29, 0.717) is 37.6 Å². The first-order valence-corrected chi connectivity index (χ1v) is 8.47. The number of nitrogens with one attached hydrogen (secondary N) is 1. The number of hydrogen-bond acceptors (Lipinski definition) is 4. The van der Waals surface area contributed by atoms with E-state index in [-0.39, 0.29) is 6.03 Å². The van der Waals surface area contributed by atoms with Crippen LogP contribution in [-0.4, -0.2) is 56.2 Å². The van der Waals surface area contributed by atoms with Gasteiger partial charge in [0, 0.05) is 31.7 Å². The summed E-state index contributed by atoms with van der Waals surface area (Å²) in [5.74, 6) is -0.498. The number of urea groups is 1. The van der Waals surface area contributed by atoms with Crippen LogP contribution in [0, 0.1) is 0 Å². The van der Waals surface area contributed by atoms with Crippen LogP contribution >= 0.6 is 0 Å². The number of primary amides is 1. The smallest absolute Gasteiger partial charge is 0.322 e. The number of rotatable bonds is 3. The molecule has 0 aromatic heterocycles. The predicted molar refractivity (Wildman–Crippen MR) is 92.4 cm³/mol. The Morgan fingerprint density at radius 2 is 1.75 bits per heavy atom. The van der Waals surface area contributed by atoms with Gasteiger partial charge in [-0.1, -0.05) is 0 Å². The number of benzene rings is 1. The molecule has 0 aliphatic carbocycles. The molecule has 0 spiro atoms. The van der Waals surface area contributed by atoms with Gasteiger partial charge in [0.1, 0.15) is 0 Å². The van der Waals surface area contributed by atoms with Crippen molar-refractivity contribution in [3.8, 4) is 0 Å². The number of amides is 3. The Balaban J connectivity index is 1.83. The minimum Gasteiger partial charge on any atom is -0.378 e. The Morgan fingerprint density at radius 3 is 2.42 bits per heavy atom. The van der Waals surface area contributed by atoms with E-state index in [9.17, 15) is 9.59 Å². The predicted octanol–water partition coefficient (Wildman–Crippen LogP) is 1.64. The third-order valence-corrected chi connectivity index (χ3v) is 4.52. The molecule has 0 unspecified atom stereocenters. The molecule has 2 saturated heterocycles. The van der Waals surface area contributed by atoms with E-state index in [2.05, 4.69) is 10.2 Å². The molecule has 0 atom stereocenters. The second kappa shape index (κ2) is 7.53. The summed E-state index contributed by atoms with van der Waals surface area (Å²) in [4.78, 5) is 28.0. The van der Waals surface area contributed by atoms with Crippen molar-refractivity contribution >= 4 is 23.3 Å². The lowest BCUT2D eigenvalue weighted by atomic mass is 10.1. The van der Waals surface area contributed by atoms with Gasteiger partial charge in [-0.25, -0.2) is 4.79 Å². The van der Waals surface area contributed by atoms with Crippen molar-refractivity contribution in [3.05, 3.63) is 23.8 Å². The number of anilines is 2. The van der Waals surface area contributed by atoms with Gasteiger partial charge in [0.2, 0.25) is 5.91 Å². The third-order valence-electron chi connectivity index (χ3n) is 4.52. The van der Waals surface area contributed by atoms with Crippen molar-refractivity contribution in [1.29, 1.82) is 0 Å². The number of nitrogens with two attached hydrogens (primary N) is 1. The van der Waals surface area contributed by atoms with Gasteiger partial charge in [-0.3, -0.25) is 4.79 Å². The maximum absolute atomic E-state index is 12.5. The zero-order chi connectivity index (χ0) is 16.9. The van der Waals surface area contributed by atoms with Crippen LogP contribution in [0.25, 0.3) is 0 Å². The number of piperidine rings is 1. The van der Waals surface area contributed by atoms with E-state index < -0.39 is 5.91 Å². The summed E-state index contributed by atoms with van der Waals surface area (Å²) in [6.45, 7) is 4.15. The van der Waals surface area contributed by atoms with Crippen molar-refractivity contribution in [2.24, 2.45) is 5.73 Å². The van der Waals surface area contributed by atoms with Crippen LogP contribution in [0.4, 0.5) is 16.2 Å². The van der Waals surface area contributed by atoms with Crippen molar-refractivity contribution in [3.63, 3.8) is 0 Å². The Labute approximate surface area is 141 Å². The number of ether oxygens (including phenoxy) is 1. The highest BCUT2D eigenvalue weighted by molar-refractivity contribution is 5.99. The quantitative estimate of drug-likeness (QED) is 0.881. The van der Waals surface area contributed by atoms with Gasteiger partial charge in [0.25, 0.3) is 0 Å². The summed E-state index contributed by atoms with van der Waals surface area (Å²) in [6.07, 6.45) is 3.49. The first-order chi connectivity index (χ1) is 11.6. The fourth-order valence-electron chi connectivity index (χ4n) is 3.16. The minimum atomic E-state index is -0.498. The lowest BCUT2D eigenvalue weighted by Crippen LogP contribution is -2.43. The topological polar surface area (TPSA) is 87.9 Å². The number of morpholine rings is 1. The third kappa shape index (κ3) is 3.79. The SMILES string of the molecule is NC(=O)c1ccc(N2CCCCC2)c(NC(=O)N2CCOCC2)c1. The molecule has 3 N–H and O–H groups in total. The van der Waals surface area contributed by atoms with E-state index in [1.807, 2.05) is 6.07 Å². The van der Waals surface area contributed by atoms with Gasteiger partial charge in [-0.15, -0.1) is 0 Å². The molecule has 2 aliphatic heterocycles. The summed E-state index contributed by atoms with van der Waals surface area (Å²) < 4.78 is 5.28. The first-order valence-electron chi connectivity index (χ1n) is 8.47. The van der Waals surface area contributed by atoms with Crippen LogP contribution < -0.4 is 16.0 Å². The van der Waals surface area contributed by atoms with Gasteiger partial charge in [0.05, 0.1) is 24.6 Å². The van der Waals surface area contributed by atoms with E-state index in [1.165, 1.54) is 6.42 Å². The number of hydrogen-bond donors (Lipinski definition) is 2. The zero-order valence-corrected chi connectivity index (χ0v) is 13.8. The standard InChI is InChI=1S/C17H24N4O3/c18-16(22)13-4-5-15(20-6-2-1-3-7-20)14(12-13)19-17(23)21-8-10-24-11-9-21/h4-5,12H,1-3,6-11H2,(H2,18,22)(H,19,23). The summed E-state index contributed by atoms with van der Waals surface area (Å²) >= 11 is 0. The van der Waals surface area contributed by atoms with Crippen LogP contribution in [-0.2, 0) is 4.74 Å². The van der Waals surface area contributed by atoms with Gasteiger partial charge in [-0.05, 0) is 37.5 Å². The second-order valence-electron chi connectivity index (χ2n) is 6.17. The van der Waals surface area contributed by atoms with Crippen molar-refractivity contribution in [1.82, 2.24) is 4.90 Å². The van der Waals surface area contributed by atoms with E-state index in [0.717, 1.165) is 31.6 Å². The molecule has 7 heteroatoms. The van der Waals surface area contributed by atoms with Gasteiger partial charge >= 0.3 is 6.03 Å². The fourth-order valence-corrected chi connectivity index (χ4v) is 3.16. The van der Waals surface area contributed by atoms with Gasteiger partial charge in [-0.2, -0.15) is 0 Å². The highest BCUT2D eigenvalue weighted by Crippen LogP contribution is 2.30. The molecule has 24 heavy (non-hydrogen) atoms. The van der Waals surface area contributed by atoms with Crippen molar-refractivity contribution in [2.45, 2.75) is 19.3 Å². The van der Waals surface area contributed by atoms with Crippen LogP contribution in [0.5, 0.6) is 0 Å². The summed E-state index contributed by atoms with van der Waals surface area (Å²) in [5, 5.41) is 2.95. The maximum atomic E-state index is 12.5. The number of nitrogens with zero attached hydrogens (tertiary/aromatic N) is 2. The molecule has 7 nitrogen and oxygen atoms in total.